The maximum Gasteiger partial charge on any atom is 0.309 e. The van der Waals surface area contributed by atoms with Crippen molar-refractivity contribution in [3.63, 3.8) is 0 Å². The number of halogens is 4. The van der Waals surface area contributed by atoms with Crippen molar-refractivity contribution in [2.45, 2.75) is 60.2 Å². The predicted octanol–water partition coefficient (Wildman–Crippen LogP) is 6.64. The summed E-state index contributed by atoms with van der Waals surface area (Å²) in [5, 5.41) is 47.0. The zero-order valence-electron chi connectivity index (χ0n) is 31.8. The average Bonchev–Trinajstić information content (AvgIpc) is 3.19. The molecule has 0 radical (unpaired) electrons. The molecule has 0 saturated carbocycles. The molecule has 3 amide bonds. The molecule has 0 saturated heterocycles. The van der Waals surface area contributed by atoms with Gasteiger partial charge in [0.2, 0.25) is 17.3 Å². The molecular formula is C41H44Cl2F2N6O9. The van der Waals surface area contributed by atoms with Gasteiger partial charge in [0.1, 0.15) is 0 Å². The molecule has 10 N–H and O–H groups in total. The van der Waals surface area contributed by atoms with E-state index in [1.807, 2.05) is 5.43 Å². The van der Waals surface area contributed by atoms with E-state index in [4.69, 9.17) is 57.5 Å². The third-order valence-corrected chi connectivity index (χ3v) is 9.70. The van der Waals surface area contributed by atoms with Crippen LogP contribution in [0.1, 0.15) is 64.2 Å². The number of nitrogens with two attached hydrogens (primary N) is 1. The van der Waals surface area contributed by atoms with Crippen molar-refractivity contribution in [1.29, 1.82) is 0 Å². The summed E-state index contributed by atoms with van der Waals surface area (Å²) < 4.78 is 26.0. The zero-order chi connectivity index (χ0) is 44.7. The molecule has 0 aromatic heterocycles. The first kappa shape index (κ1) is 51.7. The number of aliphatic carboxylic acids is 1. The number of carboxylic acid groups (broad SMARTS) is 1. The lowest BCUT2D eigenvalue weighted by Crippen LogP contribution is -2.47. The van der Waals surface area contributed by atoms with Gasteiger partial charge in [-0.05, 0) is 99.2 Å². The second kappa shape index (κ2) is 23.9. The summed E-state index contributed by atoms with van der Waals surface area (Å²) in [6.45, 7) is 20.4. The van der Waals surface area contributed by atoms with Crippen LogP contribution < -0.4 is 22.1 Å². The van der Waals surface area contributed by atoms with Crippen LogP contribution in [0, 0.1) is 50.5 Å². The van der Waals surface area contributed by atoms with Crippen LogP contribution in [0.5, 0.6) is 11.5 Å². The largest absolute Gasteiger partial charge is 0.505 e. The Kier molecular flexibility index (Phi) is 20.6. The summed E-state index contributed by atoms with van der Waals surface area (Å²) in [5.74, 6) is -3.00. The first-order chi connectivity index (χ1) is 27.7. The average molecular weight is 874 g/mol. The quantitative estimate of drug-likeness (QED) is 0.0356. The number of carbonyl (C=O) groups is 4. The summed E-state index contributed by atoms with van der Waals surface area (Å²) in [7, 11) is 0. The number of carbonyl (C=O) groups excluding carboxylic acids is 3. The molecule has 0 bridgehead atoms. The maximum atomic E-state index is 13.4. The number of hydrazine groups is 2. The van der Waals surface area contributed by atoms with E-state index in [0.717, 1.165) is 29.8 Å². The Balaban J connectivity index is 0.000000494. The molecule has 320 valence electrons. The Hall–Kier alpha value is -6.34. The Morgan fingerprint density at radius 2 is 1.12 bits per heavy atom. The van der Waals surface area contributed by atoms with Gasteiger partial charge in [-0.2, -0.15) is 0 Å². The van der Waals surface area contributed by atoms with E-state index in [-0.39, 0.29) is 36.4 Å². The van der Waals surface area contributed by atoms with E-state index in [1.54, 1.807) is 32.0 Å². The van der Waals surface area contributed by atoms with Crippen LogP contribution in [0.25, 0.3) is 9.69 Å². The number of aromatic hydroxyl groups is 2. The Bertz CT molecular complexity index is 2280. The molecule has 60 heavy (non-hydrogen) atoms. The molecule has 0 aliphatic rings. The van der Waals surface area contributed by atoms with Crippen LogP contribution in [-0.4, -0.2) is 61.4 Å². The lowest BCUT2D eigenvalue weighted by Gasteiger charge is -2.21. The number of phenolic OH excluding ortho intramolecular Hbond substituents is 2. The number of hydrogen-bond acceptors (Lipinski definition) is 9. The SMILES string of the molecule is C.NNC(=O)c1ccc(O)c(F)c1.[C-]#[N+]c1ccc(C[C@@H](C(=O)NNC(=O)c2ccc(O)c(F)c2)[C@H](C)O)c(C)c1Cl.[C-]#[N+]c1ccc(C[C@@H](C(=O)O)[C@H](C)O)c(C)c1Cl. The molecule has 0 aliphatic carbocycles. The van der Waals surface area contributed by atoms with Crippen LogP contribution in [0.4, 0.5) is 20.2 Å². The highest BCUT2D eigenvalue weighted by Gasteiger charge is 2.27. The fraction of sp³-hybridized carbons (Fsp3) is 0.268. The summed E-state index contributed by atoms with van der Waals surface area (Å²) >= 11 is 12.2. The highest BCUT2D eigenvalue weighted by atomic mass is 35.5. The Morgan fingerprint density at radius 3 is 1.47 bits per heavy atom. The molecule has 4 aromatic rings. The minimum absolute atomic E-state index is 0. The minimum Gasteiger partial charge on any atom is -0.505 e. The van der Waals surface area contributed by atoms with Crippen LogP contribution in [-0.2, 0) is 22.4 Å². The second-order valence-electron chi connectivity index (χ2n) is 12.8. The maximum absolute atomic E-state index is 13.4. The summed E-state index contributed by atoms with van der Waals surface area (Å²) in [5.41, 5.74) is 9.53. The number of carboxylic acids is 1. The van der Waals surface area contributed by atoms with Crippen molar-refractivity contribution in [1.82, 2.24) is 16.3 Å². The number of hydrogen-bond donors (Lipinski definition) is 9. The lowest BCUT2D eigenvalue weighted by molar-refractivity contribution is -0.145. The molecule has 4 aromatic carbocycles. The highest BCUT2D eigenvalue weighted by Crippen LogP contribution is 2.33. The molecule has 19 heteroatoms. The number of benzene rings is 4. The van der Waals surface area contributed by atoms with Crippen LogP contribution in [0.3, 0.4) is 0 Å². The number of nitrogen functional groups attached to an aromatic ring is 1. The fourth-order valence-electron chi connectivity index (χ4n) is 5.12. The van der Waals surface area contributed by atoms with Gasteiger partial charge in [0.05, 0.1) is 47.2 Å². The van der Waals surface area contributed by atoms with Gasteiger partial charge in [0.15, 0.2) is 23.1 Å². The molecule has 0 spiro atoms. The van der Waals surface area contributed by atoms with Gasteiger partial charge in [0, 0.05) is 11.1 Å². The number of rotatable bonds is 10. The Labute approximate surface area is 355 Å². The van der Waals surface area contributed by atoms with Crippen molar-refractivity contribution in [2.75, 3.05) is 0 Å². The number of aliphatic hydroxyl groups is 2. The number of aliphatic hydroxyl groups excluding tert-OH is 2. The van der Waals surface area contributed by atoms with Crippen molar-refractivity contribution < 1.29 is 53.5 Å². The van der Waals surface area contributed by atoms with E-state index in [0.29, 0.717) is 33.1 Å². The van der Waals surface area contributed by atoms with Gasteiger partial charge in [-0.3, -0.25) is 35.5 Å². The second-order valence-corrected chi connectivity index (χ2v) is 13.5. The van der Waals surface area contributed by atoms with Crippen LogP contribution >= 0.6 is 23.2 Å². The monoisotopic (exact) mass is 872 g/mol. The van der Waals surface area contributed by atoms with Crippen molar-refractivity contribution in [3.05, 3.63) is 139 Å². The van der Waals surface area contributed by atoms with Crippen LogP contribution in [0.2, 0.25) is 10.0 Å². The number of nitrogens with zero attached hydrogens (tertiary/aromatic N) is 2. The standard InChI is InChI=1S/C20H19ClFN3O4.C13H14ClNO3.C7H7FN2O2.CH4/c1-10-12(4-6-16(23-3)18(10)21)8-14(11(2)26)20(29)25-24-19(28)13-5-7-17(27)15(22)9-13;1-7-9(4-5-11(15-3)12(7)14)6-10(8(2)16)13(17)18;8-5-3-4(7(12)10-9)1-2-6(5)11;/h4-7,9,11,14,26-27H,8H2,1-2H3,(H,24,28)(H,25,29);4-5,8,10,16H,6H2,1-2H3,(H,17,18);1-3,11H,9H2,(H,10,12);1H4/t11-,14+;8-,10+;;/m00../s1. The molecule has 0 fully saturated rings. The summed E-state index contributed by atoms with van der Waals surface area (Å²) in [6.07, 6.45) is -1.67. The zero-order valence-corrected chi connectivity index (χ0v) is 33.4. The minimum atomic E-state index is -1.05. The van der Waals surface area contributed by atoms with E-state index in [9.17, 15) is 38.2 Å². The third kappa shape index (κ3) is 14.2. The first-order valence-corrected chi connectivity index (χ1v) is 17.9. The molecule has 0 aliphatic heterocycles. The van der Waals surface area contributed by atoms with Crippen LogP contribution in [0.15, 0.2) is 60.7 Å². The van der Waals surface area contributed by atoms with Gasteiger partial charge < -0.3 is 25.5 Å². The first-order valence-electron chi connectivity index (χ1n) is 17.2. The Morgan fingerprint density at radius 1 is 0.717 bits per heavy atom. The van der Waals surface area contributed by atoms with Crippen molar-refractivity contribution >= 4 is 58.3 Å². The molecule has 15 nitrogen and oxygen atoms in total. The third-order valence-electron chi connectivity index (χ3n) is 8.75. The highest BCUT2D eigenvalue weighted by molar-refractivity contribution is 6.34. The molecule has 4 rings (SSSR count). The van der Waals surface area contributed by atoms with E-state index in [2.05, 4.69) is 20.5 Å². The number of nitrogens with one attached hydrogen (secondary N) is 3. The smallest absolute Gasteiger partial charge is 0.309 e. The number of phenols is 2. The van der Waals surface area contributed by atoms with Crippen molar-refractivity contribution in [2.24, 2.45) is 17.7 Å². The fourth-order valence-corrected chi connectivity index (χ4v) is 5.57. The predicted molar refractivity (Wildman–Crippen MR) is 220 cm³/mol. The normalized spacial score (nSPS) is 12.1. The number of amides is 3. The topological polar surface area (TPSA) is 240 Å². The van der Waals surface area contributed by atoms with Gasteiger partial charge in [-0.15, -0.1) is 0 Å². The van der Waals surface area contributed by atoms with Gasteiger partial charge >= 0.3 is 5.97 Å². The van der Waals surface area contributed by atoms with Gasteiger partial charge in [-0.1, -0.05) is 54.9 Å². The molecule has 4 atom stereocenters. The molecular weight excluding hydrogens is 829 g/mol. The van der Waals surface area contributed by atoms with Gasteiger partial charge in [0.25, 0.3) is 11.8 Å². The van der Waals surface area contributed by atoms with E-state index in [1.165, 1.54) is 32.0 Å². The summed E-state index contributed by atoms with van der Waals surface area (Å²) in [4.78, 5) is 52.9. The molecule has 0 heterocycles. The molecule has 0 unspecified atom stereocenters. The van der Waals surface area contributed by atoms with Gasteiger partial charge in [-0.25, -0.2) is 24.3 Å². The summed E-state index contributed by atoms with van der Waals surface area (Å²) in [6, 6.07) is 12.7. The van der Waals surface area contributed by atoms with E-state index < -0.39 is 70.9 Å². The van der Waals surface area contributed by atoms with Crippen molar-refractivity contribution in [3.8, 4) is 11.5 Å². The lowest BCUT2D eigenvalue weighted by atomic mass is 9.91. The van der Waals surface area contributed by atoms with E-state index >= 15 is 0 Å².